The van der Waals surface area contributed by atoms with Gasteiger partial charge in [0.05, 0.1) is 4.92 Å². The molecule has 6 heteroatoms. The summed E-state index contributed by atoms with van der Waals surface area (Å²) in [6.07, 6.45) is 1.83. The fourth-order valence-corrected chi connectivity index (χ4v) is 1.69. The van der Waals surface area contributed by atoms with E-state index in [-0.39, 0.29) is 16.8 Å². The lowest BCUT2D eigenvalue weighted by Crippen LogP contribution is -2.34. The lowest BCUT2D eigenvalue weighted by Gasteiger charge is -2.12. The Morgan fingerprint density at radius 2 is 2.11 bits per heavy atom. The van der Waals surface area contributed by atoms with Crippen LogP contribution in [-0.2, 0) is 0 Å². The molecular formula is C12H15N3O3. The summed E-state index contributed by atoms with van der Waals surface area (Å²) in [6.45, 7) is 1.93. The third-order valence-corrected chi connectivity index (χ3v) is 3.14. The van der Waals surface area contributed by atoms with Gasteiger partial charge in [0.25, 0.3) is 11.6 Å². The first kappa shape index (κ1) is 12.3. The minimum atomic E-state index is -0.538. The zero-order valence-electron chi connectivity index (χ0n) is 10.3. The van der Waals surface area contributed by atoms with E-state index in [1.165, 1.54) is 12.1 Å². The van der Waals surface area contributed by atoms with Gasteiger partial charge >= 0.3 is 0 Å². The Morgan fingerprint density at radius 1 is 1.44 bits per heavy atom. The van der Waals surface area contributed by atoms with Crippen LogP contribution in [0.5, 0.6) is 0 Å². The van der Waals surface area contributed by atoms with E-state index in [0.29, 0.717) is 5.69 Å². The summed E-state index contributed by atoms with van der Waals surface area (Å²) in [5, 5.41) is 16.6. The van der Waals surface area contributed by atoms with Gasteiger partial charge in [-0.2, -0.15) is 0 Å². The van der Waals surface area contributed by atoms with Gasteiger partial charge in [-0.1, -0.05) is 0 Å². The molecule has 0 heterocycles. The van der Waals surface area contributed by atoms with Crippen molar-refractivity contribution < 1.29 is 9.72 Å². The number of anilines is 1. The number of nitrogens with zero attached hydrogens (tertiary/aromatic N) is 1. The Bertz CT molecular complexity index is 509. The number of benzene rings is 1. The Balaban J connectivity index is 2.33. The molecule has 1 aromatic rings. The summed E-state index contributed by atoms with van der Waals surface area (Å²) in [4.78, 5) is 22.4. The highest BCUT2D eigenvalue weighted by atomic mass is 16.6. The first-order chi connectivity index (χ1) is 8.45. The second kappa shape index (κ2) is 4.29. The maximum atomic E-state index is 12.1. The second-order valence-electron chi connectivity index (χ2n) is 4.75. The minimum absolute atomic E-state index is 0.0972. The molecule has 2 N–H and O–H groups in total. The van der Waals surface area contributed by atoms with Crippen LogP contribution < -0.4 is 10.6 Å². The summed E-state index contributed by atoms with van der Waals surface area (Å²) in [7, 11) is 1.70. The van der Waals surface area contributed by atoms with Gasteiger partial charge in [0.1, 0.15) is 5.56 Å². The minimum Gasteiger partial charge on any atom is -0.388 e. The average molecular weight is 249 g/mol. The molecule has 0 bridgehead atoms. The number of hydrogen-bond acceptors (Lipinski definition) is 4. The summed E-state index contributed by atoms with van der Waals surface area (Å²) in [5.74, 6) is -0.390. The van der Waals surface area contributed by atoms with Crippen molar-refractivity contribution in [1.82, 2.24) is 5.32 Å². The summed E-state index contributed by atoms with van der Waals surface area (Å²) < 4.78 is 0. The number of nitrogens with one attached hydrogen (secondary N) is 2. The van der Waals surface area contributed by atoms with E-state index in [0.717, 1.165) is 12.8 Å². The van der Waals surface area contributed by atoms with Crippen molar-refractivity contribution in [1.29, 1.82) is 0 Å². The molecule has 2 rings (SSSR count). The highest BCUT2D eigenvalue weighted by Crippen LogP contribution is 2.35. The highest BCUT2D eigenvalue weighted by Gasteiger charge is 2.39. The molecule has 1 aromatic carbocycles. The van der Waals surface area contributed by atoms with Crippen LogP contribution in [0.15, 0.2) is 18.2 Å². The maximum Gasteiger partial charge on any atom is 0.282 e. The third kappa shape index (κ3) is 2.42. The largest absolute Gasteiger partial charge is 0.388 e. The number of carbonyl (C=O) groups excluding carboxylic acids is 1. The smallest absolute Gasteiger partial charge is 0.282 e. The van der Waals surface area contributed by atoms with Crippen LogP contribution >= 0.6 is 0 Å². The summed E-state index contributed by atoms with van der Waals surface area (Å²) in [5.41, 5.74) is 0.406. The number of amides is 1. The molecule has 1 amide bonds. The number of hydrogen-bond donors (Lipinski definition) is 2. The van der Waals surface area contributed by atoms with Gasteiger partial charge in [-0.3, -0.25) is 14.9 Å². The van der Waals surface area contributed by atoms with Crippen molar-refractivity contribution in [2.45, 2.75) is 25.3 Å². The van der Waals surface area contributed by atoms with Crippen LogP contribution in [0.2, 0.25) is 0 Å². The molecule has 0 aromatic heterocycles. The zero-order valence-corrected chi connectivity index (χ0v) is 10.3. The first-order valence-corrected chi connectivity index (χ1v) is 5.74. The molecule has 0 unspecified atom stereocenters. The van der Waals surface area contributed by atoms with E-state index < -0.39 is 10.8 Å². The predicted molar refractivity (Wildman–Crippen MR) is 67.7 cm³/mol. The summed E-state index contributed by atoms with van der Waals surface area (Å²) >= 11 is 0. The van der Waals surface area contributed by atoms with Crippen molar-refractivity contribution in [3.8, 4) is 0 Å². The molecule has 1 fully saturated rings. The van der Waals surface area contributed by atoms with E-state index in [1.807, 2.05) is 6.92 Å². The molecule has 1 saturated carbocycles. The van der Waals surface area contributed by atoms with Crippen LogP contribution in [-0.4, -0.2) is 23.4 Å². The lowest BCUT2D eigenvalue weighted by molar-refractivity contribution is -0.385. The van der Waals surface area contributed by atoms with Crippen LogP contribution in [0.25, 0.3) is 0 Å². The lowest BCUT2D eigenvalue weighted by atomic mass is 10.1. The van der Waals surface area contributed by atoms with Crippen molar-refractivity contribution in [2.75, 3.05) is 12.4 Å². The van der Waals surface area contributed by atoms with Gasteiger partial charge in [0, 0.05) is 24.3 Å². The van der Waals surface area contributed by atoms with Gasteiger partial charge in [-0.25, -0.2) is 0 Å². The Morgan fingerprint density at radius 3 is 2.61 bits per heavy atom. The Kier molecular flexibility index (Phi) is 2.94. The normalized spacial score (nSPS) is 15.9. The molecule has 18 heavy (non-hydrogen) atoms. The standard InChI is InChI=1S/C12H15N3O3/c1-12(5-6-12)14-11(16)9-7-8(13-2)3-4-10(9)15(17)18/h3-4,7,13H,5-6H2,1-2H3,(H,14,16). The van der Waals surface area contributed by atoms with Crippen LogP contribution in [0.4, 0.5) is 11.4 Å². The monoisotopic (exact) mass is 249 g/mol. The van der Waals surface area contributed by atoms with Crippen LogP contribution in [0, 0.1) is 10.1 Å². The first-order valence-electron chi connectivity index (χ1n) is 5.74. The van der Waals surface area contributed by atoms with Gasteiger partial charge in [-0.15, -0.1) is 0 Å². The molecule has 1 aliphatic rings. The average Bonchev–Trinajstić information content (AvgIpc) is 3.05. The Hall–Kier alpha value is -2.11. The number of rotatable bonds is 4. The third-order valence-electron chi connectivity index (χ3n) is 3.14. The van der Waals surface area contributed by atoms with Crippen molar-refractivity contribution in [2.24, 2.45) is 0 Å². The molecule has 96 valence electrons. The molecule has 1 aliphatic carbocycles. The van der Waals surface area contributed by atoms with Crippen LogP contribution in [0.1, 0.15) is 30.1 Å². The molecular weight excluding hydrogens is 234 g/mol. The summed E-state index contributed by atoms with van der Waals surface area (Å²) in [6, 6.07) is 4.42. The number of nitro groups is 1. The number of carbonyl (C=O) groups is 1. The molecule has 0 saturated heterocycles. The van der Waals surface area contributed by atoms with Gasteiger partial charge in [0.15, 0.2) is 0 Å². The topological polar surface area (TPSA) is 84.3 Å². The zero-order chi connectivity index (χ0) is 13.3. The van der Waals surface area contributed by atoms with Crippen LogP contribution in [0.3, 0.4) is 0 Å². The maximum absolute atomic E-state index is 12.1. The fraction of sp³-hybridized carbons (Fsp3) is 0.417. The van der Waals surface area contributed by atoms with Gasteiger partial charge in [0.2, 0.25) is 0 Å². The fourth-order valence-electron chi connectivity index (χ4n) is 1.69. The molecule has 6 nitrogen and oxygen atoms in total. The Labute approximate surface area is 105 Å². The second-order valence-corrected chi connectivity index (χ2v) is 4.75. The number of nitro benzene ring substituents is 1. The SMILES string of the molecule is CNc1ccc([N+](=O)[O-])c(C(=O)NC2(C)CC2)c1. The van der Waals surface area contributed by atoms with Gasteiger partial charge < -0.3 is 10.6 Å². The molecule has 0 aliphatic heterocycles. The van der Waals surface area contributed by atoms with E-state index in [1.54, 1.807) is 13.1 Å². The van der Waals surface area contributed by atoms with E-state index in [9.17, 15) is 14.9 Å². The quantitative estimate of drug-likeness (QED) is 0.630. The van der Waals surface area contributed by atoms with Gasteiger partial charge in [-0.05, 0) is 31.9 Å². The highest BCUT2D eigenvalue weighted by molar-refractivity contribution is 5.99. The van der Waals surface area contributed by atoms with E-state index in [4.69, 9.17) is 0 Å². The molecule has 0 atom stereocenters. The van der Waals surface area contributed by atoms with Crippen molar-refractivity contribution in [3.63, 3.8) is 0 Å². The predicted octanol–water partition coefficient (Wildman–Crippen LogP) is 1.92. The molecule has 0 spiro atoms. The van der Waals surface area contributed by atoms with E-state index in [2.05, 4.69) is 10.6 Å². The van der Waals surface area contributed by atoms with E-state index >= 15 is 0 Å². The van der Waals surface area contributed by atoms with Crippen molar-refractivity contribution >= 4 is 17.3 Å². The van der Waals surface area contributed by atoms with Crippen molar-refractivity contribution in [3.05, 3.63) is 33.9 Å². The molecule has 0 radical (unpaired) electrons.